The molecule has 0 amide bonds. The molecular weight excluding hydrogens is 239 g/mol. The van der Waals surface area contributed by atoms with Gasteiger partial charge in [-0.15, -0.1) is 0 Å². The Bertz CT molecular complexity index is 356. The van der Waals surface area contributed by atoms with Crippen LogP contribution in [0.4, 0.5) is 0 Å². The Hall–Kier alpha value is -0.0600. The maximum atomic E-state index is 9.52. The molecule has 0 aromatic heterocycles. The van der Waals surface area contributed by atoms with Crippen LogP contribution in [0.3, 0.4) is 0 Å². The summed E-state index contributed by atoms with van der Waals surface area (Å²) in [5.41, 5.74) is 1.04. The fourth-order valence-electron chi connectivity index (χ4n) is 0.915. The second-order valence-electron chi connectivity index (χ2n) is 2.62. The first-order chi connectivity index (χ1) is 6.53. The van der Waals surface area contributed by atoms with Gasteiger partial charge in [-0.1, -0.05) is 12.1 Å². The number of rotatable bonds is 4. The number of hydrogen-bond acceptors (Lipinski definition) is 4. The fraction of sp³-hybridized carbons (Fsp3) is 0.250. The van der Waals surface area contributed by atoms with E-state index in [1.807, 2.05) is 19.1 Å². The lowest BCUT2D eigenvalue weighted by Crippen LogP contribution is -1.92. The largest absolute Gasteiger partial charge is 0.424 e. The summed E-state index contributed by atoms with van der Waals surface area (Å²) in [7, 11) is 0. The highest BCUT2D eigenvalue weighted by atomic mass is 32.5. The lowest BCUT2D eigenvalue weighted by Gasteiger charge is -2.14. The van der Waals surface area contributed by atoms with Crippen molar-refractivity contribution in [3.63, 3.8) is 0 Å². The van der Waals surface area contributed by atoms with Gasteiger partial charge in [0.15, 0.2) is 0 Å². The van der Waals surface area contributed by atoms with Crippen molar-refractivity contribution in [2.75, 3.05) is 6.26 Å². The van der Waals surface area contributed by atoms with E-state index in [9.17, 15) is 4.89 Å². The topological polar surface area (TPSA) is 38.7 Å². The average Bonchev–Trinajstić information content (AvgIpc) is 2.02. The van der Waals surface area contributed by atoms with Gasteiger partial charge in [-0.3, -0.25) is 0 Å². The minimum absolute atomic E-state index is 0.532. The van der Waals surface area contributed by atoms with Crippen LogP contribution < -0.4 is 4.52 Å². The molecule has 1 aromatic carbocycles. The number of aryl methyl sites for hydroxylation is 1. The first-order valence-electron chi connectivity index (χ1n) is 3.85. The SMILES string of the molecule is CSOP(O)(=S)Oc1cccc(C)c1. The average molecular weight is 250 g/mol. The Morgan fingerprint density at radius 1 is 1.50 bits per heavy atom. The minimum Gasteiger partial charge on any atom is -0.424 e. The highest BCUT2D eigenvalue weighted by Gasteiger charge is 2.16. The van der Waals surface area contributed by atoms with E-state index in [0.29, 0.717) is 5.75 Å². The second kappa shape index (κ2) is 5.14. The Kier molecular flexibility index (Phi) is 4.41. The lowest BCUT2D eigenvalue weighted by atomic mass is 10.2. The zero-order valence-electron chi connectivity index (χ0n) is 7.84. The molecule has 0 spiro atoms. The van der Waals surface area contributed by atoms with Crippen molar-refractivity contribution in [3.05, 3.63) is 29.8 Å². The van der Waals surface area contributed by atoms with Gasteiger partial charge in [0.25, 0.3) is 0 Å². The smallest absolute Gasteiger partial charge is 0.389 e. The van der Waals surface area contributed by atoms with Crippen molar-refractivity contribution in [1.82, 2.24) is 0 Å². The summed E-state index contributed by atoms with van der Waals surface area (Å²) in [4.78, 5) is 9.52. The zero-order chi connectivity index (χ0) is 10.6. The van der Waals surface area contributed by atoms with E-state index in [1.54, 1.807) is 18.4 Å². The minimum atomic E-state index is -3.14. The molecule has 1 unspecified atom stereocenters. The van der Waals surface area contributed by atoms with E-state index in [-0.39, 0.29) is 0 Å². The van der Waals surface area contributed by atoms with Crippen LogP contribution in [0.1, 0.15) is 5.56 Å². The molecule has 6 heteroatoms. The summed E-state index contributed by atoms with van der Waals surface area (Å²) < 4.78 is 10.0. The van der Waals surface area contributed by atoms with E-state index >= 15 is 0 Å². The summed E-state index contributed by atoms with van der Waals surface area (Å²) >= 11 is 5.77. The van der Waals surface area contributed by atoms with Gasteiger partial charge in [0.1, 0.15) is 5.75 Å². The first kappa shape index (κ1) is 12.0. The molecule has 0 aliphatic carbocycles. The predicted octanol–water partition coefficient (Wildman–Crippen LogP) is 2.89. The highest BCUT2D eigenvalue weighted by molar-refractivity contribution is 8.12. The molecule has 78 valence electrons. The van der Waals surface area contributed by atoms with Crippen molar-refractivity contribution in [1.29, 1.82) is 0 Å². The van der Waals surface area contributed by atoms with Gasteiger partial charge in [0.05, 0.1) is 0 Å². The zero-order valence-corrected chi connectivity index (χ0v) is 10.4. The fourth-order valence-corrected chi connectivity index (χ4v) is 2.98. The van der Waals surface area contributed by atoms with Crippen LogP contribution in [0.15, 0.2) is 24.3 Å². The maximum absolute atomic E-state index is 9.52. The quantitative estimate of drug-likeness (QED) is 0.657. The summed E-state index contributed by atoms with van der Waals surface area (Å²) in [6.45, 7) is -1.20. The molecule has 0 aliphatic rings. The van der Waals surface area contributed by atoms with Crippen LogP contribution in [0, 0.1) is 6.92 Å². The van der Waals surface area contributed by atoms with Crippen LogP contribution in [0.5, 0.6) is 5.75 Å². The van der Waals surface area contributed by atoms with E-state index in [4.69, 9.17) is 20.3 Å². The molecule has 0 heterocycles. The van der Waals surface area contributed by atoms with Crippen LogP contribution in [-0.4, -0.2) is 11.1 Å². The second-order valence-corrected chi connectivity index (χ2v) is 6.05. The van der Waals surface area contributed by atoms with Gasteiger partial charge < -0.3 is 9.42 Å². The summed E-state index contributed by atoms with van der Waals surface area (Å²) in [6.07, 6.45) is 1.68. The van der Waals surface area contributed by atoms with Crippen LogP contribution in [-0.2, 0) is 15.8 Å². The number of benzene rings is 1. The van der Waals surface area contributed by atoms with Crippen molar-refractivity contribution in [2.24, 2.45) is 0 Å². The molecular formula is C8H11O3PS2. The first-order valence-corrected chi connectivity index (χ1v) is 7.59. The van der Waals surface area contributed by atoms with E-state index in [2.05, 4.69) is 0 Å². The summed E-state index contributed by atoms with van der Waals surface area (Å²) in [6, 6.07) is 7.29. The Morgan fingerprint density at radius 2 is 2.21 bits per heavy atom. The third-order valence-corrected chi connectivity index (χ3v) is 3.94. The highest BCUT2D eigenvalue weighted by Crippen LogP contribution is 2.47. The molecule has 3 nitrogen and oxygen atoms in total. The van der Waals surface area contributed by atoms with Gasteiger partial charge in [-0.25, -0.2) is 3.97 Å². The van der Waals surface area contributed by atoms with Crippen LogP contribution >= 0.6 is 18.8 Å². The van der Waals surface area contributed by atoms with Crippen molar-refractivity contribution < 1.29 is 13.4 Å². The van der Waals surface area contributed by atoms with E-state index in [1.165, 1.54) is 0 Å². The van der Waals surface area contributed by atoms with Gasteiger partial charge in [-0.05, 0) is 36.7 Å². The predicted molar refractivity (Wildman–Crippen MR) is 62.9 cm³/mol. The molecule has 1 N–H and O–H groups in total. The van der Waals surface area contributed by atoms with Gasteiger partial charge in [0.2, 0.25) is 0 Å². The Balaban J connectivity index is 2.73. The number of hydrogen-bond donors (Lipinski definition) is 1. The Morgan fingerprint density at radius 3 is 2.79 bits per heavy atom. The standard InChI is InChI=1S/C8H11O3PS2/c1-7-4-3-5-8(6-7)10-12(9,13)11-14-2/h3-6H,1-2H3,(H,9,13). The monoisotopic (exact) mass is 250 g/mol. The van der Waals surface area contributed by atoms with Gasteiger partial charge in [-0.2, -0.15) is 0 Å². The third kappa shape index (κ3) is 3.98. The molecule has 0 saturated heterocycles. The molecule has 0 bridgehead atoms. The Labute approximate surface area is 92.9 Å². The molecule has 1 atom stereocenters. The molecule has 14 heavy (non-hydrogen) atoms. The maximum Gasteiger partial charge on any atom is 0.389 e. The molecule has 0 radical (unpaired) electrons. The molecule has 0 aliphatic heterocycles. The van der Waals surface area contributed by atoms with Crippen molar-refractivity contribution >= 4 is 30.6 Å². The normalized spacial score (nSPS) is 14.8. The van der Waals surface area contributed by atoms with Crippen molar-refractivity contribution in [3.8, 4) is 5.75 Å². The third-order valence-electron chi connectivity index (χ3n) is 1.38. The molecule has 1 aromatic rings. The van der Waals surface area contributed by atoms with E-state index in [0.717, 1.165) is 17.6 Å². The molecule has 0 saturated carbocycles. The summed E-state index contributed by atoms with van der Waals surface area (Å²) in [5.74, 6) is 0.532. The van der Waals surface area contributed by atoms with Crippen LogP contribution in [0.25, 0.3) is 0 Å². The van der Waals surface area contributed by atoms with E-state index < -0.39 is 6.72 Å². The molecule has 0 fully saturated rings. The summed E-state index contributed by atoms with van der Waals surface area (Å²) in [5, 5.41) is 0. The van der Waals surface area contributed by atoms with Gasteiger partial charge >= 0.3 is 6.72 Å². The van der Waals surface area contributed by atoms with Crippen LogP contribution in [0.2, 0.25) is 0 Å². The lowest BCUT2D eigenvalue weighted by molar-refractivity contribution is 0.400. The van der Waals surface area contributed by atoms with Gasteiger partial charge in [0, 0.05) is 18.1 Å². The van der Waals surface area contributed by atoms with Crippen molar-refractivity contribution in [2.45, 2.75) is 6.92 Å². The molecule has 1 rings (SSSR count).